The first-order valence-electron chi connectivity index (χ1n) is 5.51. The molecule has 0 fully saturated rings. The van der Waals surface area contributed by atoms with Crippen molar-refractivity contribution in [3.05, 3.63) is 5.28 Å². The highest BCUT2D eigenvalue weighted by molar-refractivity contribution is 6.28. The molecule has 7 nitrogen and oxygen atoms in total. The fourth-order valence-electron chi connectivity index (χ4n) is 0.982. The average Bonchev–Trinajstić information content (AvgIpc) is 2.32. The summed E-state index contributed by atoms with van der Waals surface area (Å²) in [5.41, 5.74) is 0. The zero-order chi connectivity index (χ0) is 13.5. The second kappa shape index (κ2) is 6.95. The SMILES string of the molecule is CCCOc1nc(Cl)nc(NCC(=O)N(C)C)n1. The molecule has 0 saturated heterocycles. The lowest BCUT2D eigenvalue weighted by atomic mass is 10.5. The molecular weight excluding hydrogens is 258 g/mol. The molecule has 0 aliphatic rings. The fraction of sp³-hybridized carbons (Fsp3) is 0.600. The van der Waals surface area contributed by atoms with Gasteiger partial charge >= 0.3 is 6.01 Å². The fourth-order valence-corrected chi connectivity index (χ4v) is 1.13. The van der Waals surface area contributed by atoms with Crippen LogP contribution < -0.4 is 10.1 Å². The molecule has 1 N–H and O–H groups in total. The number of halogens is 1. The van der Waals surface area contributed by atoms with Crippen LogP contribution in [0.25, 0.3) is 0 Å². The third-order valence-corrected chi connectivity index (χ3v) is 2.09. The molecule has 1 aromatic rings. The smallest absolute Gasteiger partial charge is 0.322 e. The zero-order valence-corrected chi connectivity index (χ0v) is 11.4. The van der Waals surface area contributed by atoms with Gasteiger partial charge in [-0.25, -0.2) is 0 Å². The second-order valence-electron chi connectivity index (χ2n) is 3.70. The van der Waals surface area contributed by atoms with E-state index in [1.54, 1.807) is 14.1 Å². The van der Waals surface area contributed by atoms with Crippen molar-refractivity contribution in [2.24, 2.45) is 0 Å². The molecule has 18 heavy (non-hydrogen) atoms. The molecule has 0 bridgehead atoms. The van der Waals surface area contributed by atoms with Crippen molar-refractivity contribution in [2.45, 2.75) is 13.3 Å². The van der Waals surface area contributed by atoms with E-state index >= 15 is 0 Å². The number of nitrogens with zero attached hydrogens (tertiary/aromatic N) is 4. The van der Waals surface area contributed by atoms with Crippen molar-refractivity contribution >= 4 is 23.5 Å². The number of hydrogen-bond acceptors (Lipinski definition) is 6. The number of ether oxygens (including phenoxy) is 1. The van der Waals surface area contributed by atoms with Crippen LogP contribution in [-0.2, 0) is 4.79 Å². The first-order valence-corrected chi connectivity index (χ1v) is 5.89. The number of aromatic nitrogens is 3. The first-order chi connectivity index (χ1) is 8.52. The van der Waals surface area contributed by atoms with Gasteiger partial charge in [-0.1, -0.05) is 6.92 Å². The average molecular weight is 274 g/mol. The van der Waals surface area contributed by atoms with Crippen LogP contribution in [-0.4, -0.2) is 53.0 Å². The summed E-state index contributed by atoms with van der Waals surface area (Å²) >= 11 is 5.73. The minimum absolute atomic E-state index is 0.0240. The molecule has 8 heteroatoms. The summed E-state index contributed by atoms with van der Waals surface area (Å²) in [6, 6.07) is 0.150. The molecule has 0 aliphatic heterocycles. The van der Waals surface area contributed by atoms with E-state index in [0.717, 1.165) is 6.42 Å². The number of carbonyl (C=O) groups is 1. The molecular formula is C10H16ClN5O2. The van der Waals surface area contributed by atoms with Crippen molar-refractivity contribution in [3.63, 3.8) is 0 Å². The Morgan fingerprint density at radius 2 is 2.11 bits per heavy atom. The third-order valence-electron chi connectivity index (χ3n) is 1.92. The van der Waals surface area contributed by atoms with Crippen molar-refractivity contribution in [2.75, 3.05) is 32.6 Å². The van der Waals surface area contributed by atoms with Crippen LogP contribution in [0.5, 0.6) is 6.01 Å². The summed E-state index contributed by atoms with van der Waals surface area (Å²) in [6.45, 7) is 2.55. The van der Waals surface area contributed by atoms with E-state index < -0.39 is 0 Å². The molecule has 0 aromatic carbocycles. The van der Waals surface area contributed by atoms with Gasteiger partial charge in [0.15, 0.2) is 0 Å². The molecule has 0 atom stereocenters. The maximum atomic E-state index is 11.4. The van der Waals surface area contributed by atoms with E-state index in [9.17, 15) is 4.79 Å². The lowest BCUT2D eigenvalue weighted by molar-refractivity contribution is -0.126. The summed E-state index contributed by atoms with van der Waals surface area (Å²) in [5.74, 6) is 0.124. The number of rotatable bonds is 6. The van der Waals surface area contributed by atoms with Gasteiger partial charge < -0.3 is 15.0 Å². The van der Waals surface area contributed by atoms with Crippen molar-refractivity contribution < 1.29 is 9.53 Å². The predicted octanol–water partition coefficient (Wildman–Crippen LogP) is 0.814. The van der Waals surface area contributed by atoms with Crippen LogP contribution in [0.1, 0.15) is 13.3 Å². The summed E-state index contributed by atoms with van der Waals surface area (Å²) in [4.78, 5) is 24.5. The Kier molecular flexibility index (Phi) is 5.57. The molecule has 0 saturated carbocycles. The van der Waals surface area contributed by atoms with E-state index in [2.05, 4.69) is 20.3 Å². The Morgan fingerprint density at radius 1 is 1.39 bits per heavy atom. The Hall–Kier alpha value is -1.63. The van der Waals surface area contributed by atoms with Crippen LogP contribution in [0.4, 0.5) is 5.95 Å². The highest BCUT2D eigenvalue weighted by Crippen LogP contribution is 2.11. The quantitative estimate of drug-likeness (QED) is 0.826. The van der Waals surface area contributed by atoms with Gasteiger partial charge in [-0.15, -0.1) is 0 Å². The maximum absolute atomic E-state index is 11.4. The normalized spacial score (nSPS) is 10.0. The standard InChI is InChI=1S/C10H16ClN5O2/c1-4-5-18-10-14-8(11)13-9(15-10)12-6-7(17)16(2)3/h4-6H2,1-3H3,(H,12,13,14,15). The molecule has 100 valence electrons. The Labute approximate surface area is 111 Å². The zero-order valence-electron chi connectivity index (χ0n) is 10.6. The van der Waals surface area contributed by atoms with E-state index in [1.807, 2.05) is 6.92 Å². The summed E-state index contributed by atoms with van der Waals surface area (Å²) < 4.78 is 5.25. The van der Waals surface area contributed by atoms with Crippen LogP contribution in [0, 0.1) is 0 Å². The first kappa shape index (κ1) is 14.4. The molecule has 1 rings (SSSR count). The topological polar surface area (TPSA) is 80.2 Å². The van der Waals surface area contributed by atoms with Gasteiger partial charge in [-0.05, 0) is 18.0 Å². The predicted molar refractivity (Wildman–Crippen MR) is 67.8 cm³/mol. The largest absolute Gasteiger partial charge is 0.463 e. The number of hydrogen-bond donors (Lipinski definition) is 1. The lowest BCUT2D eigenvalue weighted by Crippen LogP contribution is -2.29. The van der Waals surface area contributed by atoms with Crippen LogP contribution in [0.2, 0.25) is 5.28 Å². The van der Waals surface area contributed by atoms with Crippen LogP contribution in [0.3, 0.4) is 0 Å². The van der Waals surface area contributed by atoms with Crippen molar-refractivity contribution in [1.82, 2.24) is 19.9 Å². The second-order valence-corrected chi connectivity index (χ2v) is 4.04. The summed E-state index contributed by atoms with van der Waals surface area (Å²) in [6.07, 6.45) is 0.838. The monoisotopic (exact) mass is 273 g/mol. The Bertz CT molecular complexity index is 413. The Morgan fingerprint density at radius 3 is 2.72 bits per heavy atom. The minimum atomic E-state index is -0.0949. The summed E-state index contributed by atoms with van der Waals surface area (Å²) in [7, 11) is 3.33. The van der Waals surface area contributed by atoms with Crippen LogP contribution in [0.15, 0.2) is 0 Å². The molecule has 0 aliphatic carbocycles. The molecule has 1 aromatic heterocycles. The minimum Gasteiger partial charge on any atom is -0.463 e. The van der Waals surface area contributed by atoms with Crippen LogP contribution >= 0.6 is 11.6 Å². The van der Waals surface area contributed by atoms with Gasteiger partial charge in [-0.3, -0.25) is 4.79 Å². The van der Waals surface area contributed by atoms with Gasteiger partial charge in [0, 0.05) is 14.1 Å². The number of anilines is 1. The van der Waals surface area contributed by atoms with Gasteiger partial charge in [0.25, 0.3) is 0 Å². The lowest BCUT2D eigenvalue weighted by Gasteiger charge is -2.11. The number of amides is 1. The number of nitrogens with one attached hydrogen (secondary N) is 1. The molecule has 0 radical (unpaired) electrons. The Balaban J connectivity index is 2.65. The van der Waals surface area contributed by atoms with E-state index in [1.165, 1.54) is 4.90 Å². The van der Waals surface area contributed by atoms with E-state index in [-0.39, 0.29) is 29.7 Å². The highest BCUT2D eigenvalue weighted by atomic mass is 35.5. The maximum Gasteiger partial charge on any atom is 0.322 e. The van der Waals surface area contributed by atoms with E-state index in [0.29, 0.717) is 6.61 Å². The van der Waals surface area contributed by atoms with Gasteiger partial charge in [0.05, 0.1) is 13.2 Å². The molecule has 0 spiro atoms. The molecule has 1 amide bonds. The third kappa shape index (κ3) is 4.70. The van der Waals surface area contributed by atoms with Gasteiger partial charge in [0.2, 0.25) is 17.1 Å². The van der Waals surface area contributed by atoms with Gasteiger partial charge in [0.1, 0.15) is 0 Å². The van der Waals surface area contributed by atoms with Crippen molar-refractivity contribution in [3.8, 4) is 6.01 Å². The number of carbonyl (C=O) groups excluding carboxylic acids is 1. The van der Waals surface area contributed by atoms with Gasteiger partial charge in [-0.2, -0.15) is 15.0 Å². The summed E-state index contributed by atoms with van der Waals surface area (Å²) in [5, 5.41) is 2.79. The van der Waals surface area contributed by atoms with E-state index in [4.69, 9.17) is 16.3 Å². The van der Waals surface area contributed by atoms with Crippen molar-refractivity contribution in [1.29, 1.82) is 0 Å². The number of likely N-dealkylation sites (N-methyl/N-ethyl adjacent to an activating group) is 1. The highest BCUT2D eigenvalue weighted by Gasteiger charge is 2.08. The molecule has 0 unspecified atom stereocenters. The molecule has 1 heterocycles.